The minimum atomic E-state index is 0.343. The van der Waals surface area contributed by atoms with Gasteiger partial charge in [-0.3, -0.25) is 4.98 Å². The number of hydrogen-bond donors (Lipinski definition) is 0. The van der Waals surface area contributed by atoms with E-state index in [0.29, 0.717) is 11.7 Å². The van der Waals surface area contributed by atoms with E-state index in [1.165, 1.54) is 0 Å². The highest BCUT2D eigenvalue weighted by Crippen LogP contribution is 2.32. The van der Waals surface area contributed by atoms with Gasteiger partial charge in [0.2, 0.25) is 11.0 Å². The maximum Gasteiger partial charge on any atom is 0.229 e. The zero-order chi connectivity index (χ0) is 15.6. The zero-order valence-electron chi connectivity index (χ0n) is 12.7. The minimum Gasteiger partial charge on any atom is -0.347 e. The van der Waals surface area contributed by atoms with Gasteiger partial charge >= 0.3 is 0 Å². The Morgan fingerprint density at radius 1 is 1.22 bits per heavy atom. The molecule has 0 aliphatic carbocycles. The van der Waals surface area contributed by atoms with Crippen LogP contribution in [0, 0.1) is 6.92 Å². The monoisotopic (exact) mass is 328 g/mol. The highest BCUT2D eigenvalue weighted by molar-refractivity contribution is 7.18. The summed E-state index contributed by atoms with van der Waals surface area (Å²) in [5, 5.41) is 14.3. The van der Waals surface area contributed by atoms with Gasteiger partial charge in [0.1, 0.15) is 5.69 Å². The van der Waals surface area contributed by atoms with E-state index in [1.54, 1.807) is 17.5 Å². The Hall–Kier alpha value is -2.35. The Labute approximate surface area is 137 Å². The molecular formula is C15H16N6OS. The number of hydrogen-bond acceptors (Lipinski definition) is 8. The van der Waals surface area contributed by atoms with Gasteiger partial charge in [-0.25, -0.2) is 0 Å². The van der Waals surface area contributed by atoms with E-state index in [-0.39, 0.29) is 0 Å². The Balaban J connectivity index is 1.44. The molecule has 0 unspecified atom stereocenters. The molecule has 4 heterocycles. The van der Waals surface area contributed by atoms with Gasteiger partial charge in [0.15, 0.2) is 10.8 Å². The predicted molar refractivity (Wildman–Crippen MR) is 86.4 cm³/mol. The average molecular weight is 328 g/mol. The summed E-state index contributed by atoms with van der Waals surface area (Å²) in [6, 6.07) is 5.81. The van der Waals surface area contributed by atoms with Gasteiger partial charge in [-0.1, -0.05) is 22.6 Å². The lowest BCUT2D eigenvalue weighted by Gasteiger charge is -2.29. The first-order chi connectivity index (χ1) is 11.3. The first-order valence-corrected chi connectivity index (χ1v) is 8.41. The van der Waals surface area contributed by atoms with Crippen molar-refractivity contribution < 1.29 is 4.52 Å². The van der Waals surface area contributed by atoms with Gasteiger partial charge < -0.3 is 9.42 Å². The van der Waals surface area contributed by atoms with E-state index < -0.39 is 0 Å². The van der Waals surface area contributed by atoms with Gasteiger partial charge in [-0.15, -0.1) is 10.2 Å². The summed E-state index contributed by atoms with van der Waals surface area (Å²) in [6.07, 6.45) is 3.74. The summed E-state index contributed by atoms with van der Waals surface area (Å²) in [5.41, 5.74) is 0.868. The average Bonchev–Trinajstić information content (AvgIpc) is 3.25. The molecule has 1 aliphatic heterocycles. The summed E-state index contributed by atoms with van der Waals surface area (Å²) in [5.74, 6) is 1.80. The summed E-state index contributed by atoms with van der Waals surface area (Å²) in [7, 11) is 0. The molecule has 0 atom stereocenters. The van der Waals surface area contributed by atoms with Crippen molar-refractivity contribution in [2.75, 3.05) is 18.0 Å². The number of piperidine rings is 1. The molecule has 1 fully saturated rings. The number of anilines is 1. The highest BCUT2D eigenvalue weighted by atomic mass is 32.1. The molecule has 0 amide bonds. The molecule has 3 aromatic rings. The molecule has 4 rings (SSSR count). The lowest BCUT2D eigenvalue weighted by Crippen LogP contribution is -2.32. The molecule has 3 aromatic heterocycles. The van der Waals surface area contributed by atoms with Crippen LogP contribution in [0.1, 0.15) is 30.5 Å². The number of rotatable bonds is 3. The second-order valence-corrected chi connectivity index (χ2v) is 6.50. The molecule has 0 bridgehead atoms. The fourth-order valence-electron chi connectivity index (χ4n) is 2.73. The van der Waals surface area contributed by atoms with Crippen LogP contribution in [0.5, 0.6) is 0 Å². The van der Waals surface area contributed by atoms with Crippen molar-refractivity contribution in [1.29, 1.82) is 0 Å². The molecule has 7 nitrogen and oxygen atoms in total. The minimum absolute atomic E-state index is 0.343. The Morgan fingerprint density at radius 2 is 2.09 bits per heavy atom. The maximum atomic E-state index is 5.29. The van der Waals surface area contributed by atoms with Crippen LogP contribution in [-0.2, 0) is 0 Å². The van der Waals surface area contributed by atoms with Crippen molar-refractivity contribution >= 4 is 16.5 Å². The van der Waals surface area contributed by atoms with Gasteiger partial charge in [0.05, 0.1) is 0 Å². The second kappa shape index (κ2) is 6.04. The number of aryl methyl sites for hydroxylation is 1. The highest BCUT2D eigenvalue weighted by Gasteiger charge is 2.26. The molecule has 1 aliphatic rings. The zero-order valence-corrected chi connectivity index (χ0v) is 13.5. The Kier molecular flexibility index (Phi) is 3.74. The van der Waals surface area contributed by atoms with E-state index in [9.17, 15) is 0 Å². The van der Waals surface area contributed by atoms with E-state index in [2.05, 4.69) is 30.2 Å². The third-order valence-electron chi connectivity index (χ3n) is 3.96. The third kappa shape index (κ3) is 2.94. The standard InChI is InChI=1S/C15H16N6OS/c1-10-17-13(22-20-10)11-5-8-21(9-6-11)15-19-18-14(23-15)12-4-2-3-7-16-12/h2-4,7,11H,5-6,8-9H2,1H3. The van der Waals surface area contributed by atoms with Crippen LogP contribution in [0.25, 0.3) is 10.7 Å². The number of nitrogens with zero attached hydrogens (tertiary/aromatic N) is 6. The SMILES string of the molecule is Cc1noc(C2CCN(c3nnc(-c4ccccn4)s3)CC2)n1. The van der Waals surface area contributed by atoms with Gasteiger partial charge in [-0.05, 0) is 31.9 Å². The molecular weight excluding hydrogens is 312 g/mol. The van der Waals surface area contributed by atoms with Crippen molar-refractivity contribution in [2.24, 2.45) is 0 Å². The van der Waals surface area contributed by atoms with Crippen LogP contribution in [0.3, 0.4) is 0 Å². The summed E-state index contributed by atoms with van der Waals surface area (Å²) in [6.45, 7) is 3.69. The molecule has 0 spiro atoms. The van der Waals surface area contributed by atoms with E-state index in [0.717, 1.165) is 47.7 Å². The third-order valence-corrected chi connectivity index (χ3v) is 4.96. The quantitative estimate of drug-likeness (QED) is 0.731. The van der Waals surface area contributed by atoms with Crippen LogP contribution in [-0.4, -0.2) is 38.4 Å². The molecule has 118 valence electrons. The van der Waals surface area contributed by atoms with Crippen LogP contribution < -0.4 is 4.90 Å². The summed E-state index contributed by atoms with van der Waals surface area (Å²) in [4.78, 5) is 10.9. The second-order valence-electron chi connectivity index (χ2n) is 5.55. The van der Waals surface area contributed by atoms with Crippen LogP contribution in [0.4, 0.5) is 5.13 Å². The summed E-state index contributed by atoms with van der Waals surface area (Å²) < 4.78 is 5.29. The lowest BCUT2D eigenvalue weighted by molar-refractivity contribution is 0.327. The Bertz CT molecular complexity index is 778. The fourth-order valence-corrected chi connectivity index (χ4v) is 3.61. The van der Waals surface area contributed by atoms with E-state index >= 15 is 0 Å². The molecule has 0 N–H and O–H groups in total. The van der Waals surface area contributed by atoms with Crippen molar-refractivity contribution in [1.82, 2.24) is 25.3 Å². The Morgan fingerprint density at radius 3 is 2.78 bits per heavy atom. The van der Waals surface area contributed by atoms with Crippen LogP contribution in [0.2, 0.25) is 0 Å². The fraction of sp³-hybridized carbons (Fsp3) is 0.400. The molecule has 23 heavy (non-hydrogen) atoms. The molecule has 8 heteroatoms. The van der Waals surface area contributed by atoms with Crippen LogP contribution in [0.15, 0.2) is 28.9 Å². The largest absolute Gasteiger partial charge is 0.347 e. The van der Waals surface area contributed by atoms with Crippen molar-refractivity contribution in [3.05, 3.63) is 36.1 Å². The smallest absolute Gasteiger partial charge is 0.229 e. The normalized spacial score (nSPS) is 16.0. The van der Waals surface area contributed by atoms with Gasteiger partial charge in [0.25, 0.3) is 0 Å². The number of pyridine rings is 1. The van der Waals surface area contributed by atoms with E-state index in [1.807, 2.05) is 25.1 Å². The van der Waals surface area contributed by atoms with E-state index in [4.69, 9.17) is 4.52 Å². The van der Waals surface area contributed by atoms with Gasteiger partial charge in [0, 0.05) is 25.2 Å². The maximum absolute atomic E-state index is 5.29. The summed E-state index contributed by atoms with van der Waals surface area (Å²) >= 11 is 1.58. The first kappa shape index (κ1) is 14.3. The predicted octanol–water partition coefficient (Wildman–Crippen LogP) is 2.68. The molecule has 0 radical (unpaired) electrons. The lowest BCUT2D eigenvalue weighted by atomic mass is 9.97. The number of aromatic nitrogens is 5. The first-order valence-electron chi connectivity index (χ1n) is 7.59. The van der Waals surface area contributed by atoms with Crippen molar-refractivity contribution in [3.63, 3.8) is 0 Å². The van der Waals surface area contributed by atoms with Crippen molar-refractivity contribution in [2.45, 2.75) is 25.7 Å². The molecule has 1 saturated heterocycles. The van der Waals surface area contributed by atoms with Crippen LogP contribution >= 0.6 is 11.3 Å². The molecule has 0 aromatic carbocycles. The van der Waals surface area contributed by atoms with Gasteiger partial charge in [-0.2, -0.15) is 4.98 Å². The van der Waals surface area contributed by atoms with Crippen molar-refractivity contribution in [3.8, 4) is 10.7 Å². The molecule has 0 saturated carbocycles. The topological polar surface area (TPSA) is 80.8 Å².